The van der Waals surface area contributed by atoms with Crippen LogP contribution in [-0.4, -0.2) is 58.9 Å². The highest BCUT2D eigenvalue weighted by Gasteiger charge is 2.39. The quantitative estimate of drug-likeness (QED) is 0.756. The van der Waals surface area contributed by atoms with E-state index in [0.717, 1.165) is 4.90 Å². The maximum atomic E-state index is 12.4. The standard InChI is InChI=1S/C17H19N3O5S/c1-2-19-7-8-20(15(22)14(19)21)16(23)18-11-17(24,12-5-3-9-25-12)13-6-4-10-26-13/h3-6,9-10,24H,2,7-8,11H2,1H3,(H,18,23)/t17-/m0/s1. The molecule has 8 nitrogen and oxygen atoms in total. The highest BCUT2D eigenvalue weighted by atomic mass is 32.1. The number of hydrogen-bond acceptors (Lipinski definition) is 6. The number of furan rings is 1. The number of piperazine rings is 1. The average molecular weight is 377 g/mol. The van der Waals surface area contributed by atoms with Crippen molar-refractivity contribution in [3.05, 3.63) is 46.5 Å². The summed E-state index contributed by atoms with van der Waals surface area (Å²) in [7, 11) is 0. The van der Waals surface area contributed by atoms with E-state index in [0.29, 0.717) is 18.0 Å². The molecule has 1 fully saturated rings. The zero-order valence-corrected chi connectivity index (χ0v) is 15.0. The molecule has 26 heavy (non-hydrogen) atoms. The number of aliphatic hydroxyl groups is 1. The fraction of sp³-hybridized carbons (Fsp3) is 0.353. The lowest BCUT2D eigenvalue weighted by molar-refractivity contribution is -0.153. The third kappa shape index (κ3) is 3.23. The Morgan fingerprint density at radius 3 is 2.73 bits per heavy atom. The van der Waals surface area contributed by atoms with Crippen molar-refractivity contribution in [1.29, 1.82) is 0 Å². The molecule has 2 aromatic rings. The van der Waals surface area contributed by atoms with Gasteiger partial charge in [0.05, 0.1) is 12.8 Å². The van der Waals surface area contributed by atoms with Crippen LogP contribution in [0.25, 0.3) is 0 Å². The third-order valence-electron chi connectivity index (χ3n) is 4.29. The molecule has 9 heteroatoms. The molecule has 3 rings (SSSR count). The van der Waals surface area contributed by atoms with Crippen LogP contribution in [0.4, 0.5) is 4.79 Å². The highest BCUT2D eigenvalue weighted by Crippen LogP contribution is 2.32. The molecule has 0 aromatic carbocycles. The Kier molecular flexibility index (Phi) is 5.10. The predicted molar refractivity (Wildman–Crippen MR) is 93.4 cm³/mol. The Labute approximate surface area is 154 Å². The molecule has 3 heterocycles. The molecule has 4 amide bonds. The van der Waals surface area contributed by atoms with Crippen LogP contribution in [0.3, 0.4) is 0 Å². The minimum atomic E-state index is -1.56. The topological polar surface area (TPSA) is 103 Å². The van der Waals surface area contributed by atoms with Crippen molar-refractivity contribution in [1.82, 2.24) is 15.1 Å². The first-order chi connectivity index (χ1) is 12.5. The summed E-state index contributed by atoms with van der Waals surface area (Å²) in [6.45, 7) is 2.39. The summed E-state index contributed by atoms with van der Waals surface area (Å²) in [5.41, 5.74) is -1.56. The maximum Gasteiger partial charge on any atom is 0.324 e. The number of likely N-dealkylation sites (N-methyl/N-ethyl adjacent to an activating group) is 1. The van der Waals surface area contributed by atoms with Crippen molar-refractivity contribution in [2.24, 2.45) is 0 Å². The van der Waals surface area contributed by atoms with Gasteiger partial charge in [-0.15, -0.1) is 11.3 Å². The molecule has 2 N–H and O–H groups in total. The number of nitrogens with zero attached hydrogens (tertiary/aromatic N) is 2. The molecule has 0 spiro atoms. The van der Waals surface area contributed by atoms with E-state index in [1.54, 1.807) is 36.6 Å². The van der Waals surface area contributed by atoms with Crippen molar-refractivity contribution in [3.63, 3.8) is 0 Å². The molecule has 2 aromatic heterocycles. The molecule has 0 aliphatic carbocycles. The van der Waals surface area contributed by atoms with Gasteiger partial charge >= 0.3 is 17.8 Å². The first kappa shape index (κ1) is 18.2. The molecule has 1 aliphatic rings. The maximum absolute atomic E-state index is 12.4. The molecular weight excluding hydrogens is 358 g/mol. The molecule has 138 valence electrons. The van der Waals surface area contributed by atoms with Gasteiger partial charge in [0.1, 0.15) is 5.76 Å². The van der Waals surface area contributed by atoms with Crippen molar-refractivity contribution >= 4 is 29.2 Å². The second kappa shape index (κ2) is 7.30. The van der Waals surface area contributed by atoms with E-state index < -0.39 is 23.4 Å². The SMILES string of the molecule is CCN1CCN(C(=O)NC[C@](O)(c2ccco2)c2cccs2)C(=O)C1=O. The minimum absolute atomic E-state index is 0.114. The van der Waals surface area contributed by atoms with Crippen LogP contribution in [-0.2, 0) is 15.2 Å². The summed E-state index contributed by atoms with van der Waals surface area (Å²) in [4.78, 5) is 39.3. The molecule has 0 bridgehead atoms. The monoisotopic (exact) mass is 377 g/mol. The fourth-order valence-electron chi connectivity index (χ4n) is 2.79. The molecule has 1 aliphatic heterocycles. The Morgan fingerprint density at radius 2 is 2.12 bits per heavy atom. The van der Waals surface area contributed by atoms with E-state index in [4.69, 9.17) is 4.42 Å². The van der Waals surface area contributed by atoms with Gasteiger partial charge < -0.3 is 19.7 Å². The Morgan fingerprint density at radius 1 is 1.31 bits per heavy atom. The van der Waals surface area contributed by atoms with Crippen LogP contribution in [0.5, 0.6) is 0 Å². The number of nitrogens with one attached hydrogen (secondary N) is 1. The normalized spacial score (nSPS) is 17.3. The van der Waals surface area contributed by atoms with E-state index in [9.17, 15) is 19.5 Å². The second-order valence-corrected chi connectivity index (χ2v) is 6.76. The van der Waals surface area contributed by atoms with E-state index in [-0.39, 0.29) is 18.8 Å². The summed E-state index contributed by atoms with van der Waals surface area (Å²) in [6.07, 6.45) is 1.43. The summed E-state index contributed by atoms with van der Waals surface area (Å²) in [5.74, 6) is -1.29. The van der Waals surface area contributed by atoms with Gasteiger partial charge in [0.15, 0.2) is 5.60 Å². The van der Waals surface area contributed by atoms with E-state index in [2.05, 4.69) is 5.32 Å². The van der Waals surface area contributed by atoms with Crippen LogP contribution >= 0.6 is 11.3 Å². The first-order valence-electron chi connectivity index (χ1n) is 8.16. The molecule has 0 unspecified atom stereocenters. The number of thiophene rings is 1. The van der Waals surface area contributed by atoms with Crippen molar-refractivity contribution in [2.75, 3.05) is 26.2 Å². The van der Waals surface area contributed by atoms with Crippen LogP contribution in [0.2, 0.25) is 0 Å². The van der Waals surface area contributed by atoms with Gasteiger partial charge in [-0.1, -0.05) is 6.07 Å². The Balaban J connectivity index is 1.73. The summed E-state index contributed by atoms with van der Waals surface area (Å²) < 4.78 is 5.33. The fourth-order valence-corrected chi connectivity index (χ4v) is 3.62. The summed E-state index contributed by atoms with van der Waals surface area (Å²) in [6, 6.07) is 6.04. The van der Waals surface area contributed by atoms with Crippen LogP contribution < -0.4 is 5.32 Å². The number of imide groups is 1. The Bertz CT molecular complexity index is 753. The lowest BCUT2D eigenvalue weighted by atomic mass is 9.98. The molecule has 1 saturated heterocycles. The molecule has 1 atom stereocenters. The van der Waals surface area contributed by atoms with E-state index in [1.165, 1.54) is 22.5 Å². The van der Waals surface area contributed by atoms with Crippen molar-refractivity contribution < 1.29 is 23.9 Å². The van der Waals surface area contributed by atoms with Gasteiger partial charge in [-0.05, 0) is 30.5 Å². The van der Waals surface area contributed by atoms with Gasteiger partial charge in [-0.3, -0.25) is 14.5 Å². The van der Waals surface area contributed by atoms with E-state index in [1.807, 2.05) is 0 Å². The smallest absolute Gasteiger partial charge is 0.324 e. The summed E-state index contributed by atoms with van der Waals surface area (Å²) in [5, 5.41) is 15.4. The molecule has 0 radical (unpaired) electrons. The molecular formula is C17H19N3O5S. The zero-order chi connectivity index (χ0) is 18.7. The minimum Gasteiger partial charge on any atom is -0.466 e. The summed E-state index contributed by atoms with van der Waals surface area (Å²) >= 11 is 1.32. The second-order valence-electron chi connectivity index (χ2n) is 5.82. The number of rotatable bonds is 5. The largest absolute Gasteiger partial charge is 0.466 e. The number of amides is 4. The van der Waals surface area contributed by atoms with Gasteiger partial charge in [0.2, 0.25) is 0 Å². The average Bonchev–Trinajstić information content (AvgIpc) is 3.35. The third-order valence-corrected chi connectivity index (χ3v) is 5.31. The van der Waals surface area contributed by atoms with Gasteiger partial charge in [-0.25, -0.2) is 4.79 Å². The van der Waals surface area contributed by atoms with Crippen LogP contribution in [0.15, 0.2) is 40.3 Å². The van der Waals surface area contributed by atoms with Gasteiger partial charge in [0.25, 0.3) is 0 Å². The number of carbonyl (C=O) groups excluding carboxylic acids is 3. The van der Waals surface area contributed by atoms with Gasteiger partial charge in [-0.2, -0.15) is 0 Å². The highest BCUT2D eigenvalue weighted by molar-refractivity contribution is 7.10. The molecule has 0 saturated carbocycles. The predicted octanol–water partition coefficient (Wildman–Crippen LogP) is 0.977. The first-order valence-corrected chi connectivity index (χ1v) is 9.04. The van der Waals surface area contributed by atoms with Gasteiger partial charge in [0, 0.05) is 24.5 Å². The van der Waals surface area contributed by atoms with E-state index >= 15 is 0 Å². The number of urea groups is 1. The lowest BCUT2D eigenvalue weighted by Crippen LogP contribution is -2.59. The van der Waals surface area contributed by atoms with Crippen LogP contribution in [0, 0.1) is 0 Å². The van der Waals surface area contributed by atoms with Crippen molar-refractivity contribution in [2.45, 2.75) is 12.5 Å². The van der Waals surface area contributed by atoms with Crippen molar-refractivity contribution in [3.8, 4) is 0 Å². The zero-order valence-electron chi connectivity index (χ0n) is 14.2. The number of hydrogen-bond donors (Lipinski definition) is 2. The number of carbonyl (C=O) groups is 3. The Hall–Kier alpha value is -2.65. The van der Waals surface area contributed by atoms with Crippen LogP contribution in [0.1, 0.15) is 17.6 Å². The lowest BCUT2D eigenvalue weighted by Gasteiger charge is -2.32.